The molecule has 0 saturated carbocycles. The molecule has 0 spiro atoms. The van der Waals surface area contributed by atoms with Crippen molar-refractivity contribution < 1.29 is 9.53 Å². The van der Waals surface area contributed by atoms with Crippen LogP contribution in [-0.4, -0.2) is 12.5 Å². The Morgan fingerprint density at radius 1 is 1.28 bits per heavy atom. The monoisotopic (exact) mass is 423 g/mol. The SMILES string of the molecule is CCc1ccccc1NC(=O)CCCOc1cc(C)c(Cl)c(C)c1Br. The highest BCUT2D eigenvalue weighted by Crippen LogP contribution is 2.35. The lowest BCUT2D eigenvalue weighted by atomic mass is 10.1. The summed E-state index contributed by atoms with van der Waals surface area (Å²) in [6, 6.07) is 9.79. The molecule has 134 valence electrons. The first kappa shape index (κ1) is 19.8. The van der Waals surface area contributed by atoms with Crippen molar-refractivity contribution in [2.75, 3.05) is 11.9 Å². The molecule has 1 N–H and O–H groups in total. The van der Waals surface area contributed by atoms with Gasteiger partial charge in [-0.15, -0.1) is 0 Å². The number of aryl methyl sites for hydroxylation is 2. The number of nitrogens with one attached hydrogen (secondary N) is 1. The molecule has 2 rings (SSSR count). The molecule has 0 aromatic heterocycles. The molecule has 5 heteroatoms. The lowest BCUT2D eigenvalue weighted by Gasteiger charge is -2.13. The third-order valence-corrected chi connectivity index (χ3v) is 5.61. The maximum atomic E-state index is 12.1. The number of carbonyl (C=O) groups is 1. The van der Waals surface area contributed by atoms with E-state index in [0.717, 1.165) is 44.0 Å². The van der Waals surface area contributed by atoms with E-state index in [2.05, 4.69) is 28.2 Å². The topological polar surface area (TPSA) is 38.3 Å². The van der Waals surface area contributed by atoms with E-state index in [1.807, 2.05) is 44.2 Å². The van der Waals surface area contributed by atoms with Gasteiger partial charge in [0.25, 0.3) is 0 Å². The maximum absolute atomic E-state index is 12.1. The molecule has 25 heavy (non-hydrogen) atoms. The molecule has 0 radical (unpaired) electrons. The molecular weight excluding hydrogens is 402 g/mol. The Kier molecular flexibility index (Phi) is 7.33. The fourth-order valence-corrected chi connectivity index (χ4v) is 3.27. The van der Waals surface area contributed by atoms with Crippen LogP contribution in [0, 0.1) is 13.8 Å². The molecule has 2 aromatic carbocycles. The summed E-state index contributed by atoms with van der Waals surface area (Å²) in [6.45, 7) is 6.45. The Bertz CT molecular complexity index is 762. The van der Waals surface area contributed by atoms with Crippen molar-refractivity contribution in [1.29, 1.82) is 0 Å². The Hall–Kier alpha value is -1.52. The van der Waals surface area contributed by atoms with Crippen LogP contribution in [0.2, 0.25) is 5.02 Å². The van der Waals surface area contributed by atoms with Gasteiger partial charge in [-0.05, 0) is 71.4 Å². The summed E-state index contributed by atoms with van der Waals surface area (Å²) in [5, 5.41) is 3.72. The lowest BCUT2D eigenvalue weighted by molar-refractivity contribution is -0.116. The number of hydrogen-bond acceptors (Lipinski definition) is 2. The molecular formula is C20H23BrClNO2. The highest BCUT2D eigenvalue weighted by Gasteiger charge is 2.11. The van der Waals surface area contributed by atoms with Gasteiger partial charge in [-0.3, -0.25) is 4.79 Å². The summed E-state index contributed by atoms with van der Waals surface area (Å²) < 4.78 is 6.68. The van der Waals surface area contributed by atoms with Gasteiger partial charge in [0, 0.05) is 17.1 Å². The second-order valence-corrected chi connectivity index (χ2v) is 7.13. The molecule has 0 aliphatic rings. The molecule has 1 amide bonds. The summed E-state index contributed by atoms with van der Waals surface area (Å²) in [5.41, 5.74) is 3.97. The van der Waals surface area contributed by atoms with Crippen molar-refractivity contribution in [3.8, 4) is 5.75 Å². The number of hydrogen-bond donors (Lipinski definition) is 1. The van der Waals surface area contributed by atoms with Crippen LogP contribution in [0.5, 0.6) is 5.75 Å². The molecule has 3 nitrogen and oxygen atoms in total. The summed E-state index contributed by atoms with van der Waals surface area (Å²) in [4.78, 5) is 12.1. The first-order valence-electron chi connectivity index (χ1n) is 8.39. The number of para-hydroxylation sites is 1. The molecule has 0 atom stereocenters. The van der Waals surface area contributed by atoms with E-state index in [1.165, 1.54) is 0 Å². The van der Waals surface area contributed by atoms with Gasteiger partial charge in [-0.1, -0.05) is 36.7 Å². The lowest BCUT2D eigenvalue weighted by Crippen LogP contribution is -2.14. The molecule has 2 aromatic rings. The van der Waals surface area contributed by atoms with Crippen LogP contribution >= 0.6 is 27.5 Å². The summed E-state index contributed by atoms with van der Waals surface area (Å²) in [7, 11) is 0. The Labute approximate surface area is 162 Å². The van der Waals surface area contributed by atoms with Crippen molar-refractivity contribution >= 4 is 39.1 Å². The number of halogens is 2. The van der Waals surface area contributed by atoms with E-state index < -0.39 is 0 Å². The first-order valence-corrected chi connectivity index (χ1v) is 9.56. The van der Waals surface area contributed by atoms with E-state index in [0.29, 0.717) is 19.4 Å². The molecule has 0 aliphatic heterocycles. The zero-order chi connectivity index (χ0) is 18.4. The molecule has 0 aliphatic carbocycles. The van der Waals surface area contributed by atoms with E-state index >= 15 is 0 Å². The normalized spacial score (nSPS) is 10.6. The number of benzene rings is 2. The molecule has 0 bridgehead atoms. The van der Waals surface area contributed by atoms with Crippen molar-refractivity contribution in [2.45, 2.75) is 40.0 Å². The molecule has 0 saturated heterocycles. The van der Waals surface area contributed by atoms with Crippen LogP contribution < -0.4 is 10.1 Å². The van der Waals surface area contributed by atoms with Crippen molar-refractivity contribution in [2.24, 2.45) is 0 Å². The second-order valence-electron chi connectivity index (χ2n) is 5.96. The highest BCUT2D eigenvalue weighted by molar-refractivity contribution is 9.10. The van der Waals surface area contributed by atoms with Gasteiger partial charge in [-0.25, -0.2) is 0 Å². The predicted molar refractivity (Wildman–Crippen MR) is 108 cm³/mol. The maximum Gasteiger partial charge on any atom is 0.224 e. The fraction of sp³-hybridized carbons (Fsp3) is 0.350. The van der Waals surface area contributed by atoms with Crippen LogP contribution in [-0.2, 0) is 11.2 Å². The number of carbonyl (C=O) groups excluding carboxylic acids is 1. The van der Waals surface area contributed by atoms with Crippen LogP contribution in [0.15, 0.2) is 34.8 Å². The van der Waals surface area contributed by atoms with Crippen LogP contribution in [0.3, 0.4) is 0 Å². The van der Waals surface area contributed by atoms with Crippen LogP contribution in [0.1, 0.15) is 36.5 Å². The minimum Gasteiger partial charge on any atom is -0.492 e. The number of amides is 1. The molecule has 0 heterocycles. The molecule has 0 fully saturated rings. The van der Waals surface area contributed by atoms with Gasteiger partial charge >= 0.3 is 0 Å². The predicted octanol–water partition coefficient (Wildman–Crippen LogP) is 6.08. The Morgan fingerprint density at radius 3 is 2.72 bits per heavy atom. The van der Waals surface area contributed by atoms with E-state index in [-0.39, 0.29) is 5.91 Å². The first-order chi connectivity index (χ1) is 11.9. The van der Waals surface area contributed by atoms with Crippen molar-refractivity contribution in [1.82, 2.24) is 0 Å². The van der Waals surface area contributed by atoms with Gasteiger partial charge in [0.2, 0.25) is 5.91 Å². The summed E-state index contributed by atoms with van der Waals surface area (Å²) in [6.07, 6.45) is 1.96. The van der Waals surface area contributed by atoms with Gasteiger partial charge in [0.15, 0.2) is 0 Å². The van der Waals surface area contributed by atoms with Gasteiger partial charge in [-0.2, -0.15) is 0 Å². The zero-order valence-corrected chi connectivity index (χ0v) is 17.1. The number of rotatable bonds is 7. The quantitative estimate of drug-likeness (QED) is 0.547. The highest BCUT2D eigenvalue weighted by atomic mass is 79.9. The van der Waals surface area contributed by atoms with Crippen LogP contribution in [0.4, 0.5) is 5.69 Å². The Morgan fingerprint density at radius 2 is 2.00 bits per heavy atom. The zero-order valence-electron chi connectivity index (χ0n) is 14.8. The van der Waals surface area contributed by atoms with E-state index in [9.17, 15) is 4.79 Å². The standard InChI is InChI=1S/C20H23BrClNO2/c1-4-15-8-5-6-9-16(15)23-18(24)10-7-11-25-17-12-13(2)20(22)14(3)19(17)21/h5-6,8-9,12H,4,7,10-11H2,1-3H3,(H,23,24). The summed E-state index contributed by atoms with van der Waals surface area (Å²) >= 11 is 9.74. The van der Waals surface area contributed by atoms with E-state index in [1.54, 1.807) is 0 Å². The Balaban J connectivity index is 1.84. The van der Waals surface area contributed by atoms with Gasteiger partial charge < -0.3 is 10.1 Å². The third kappa shape index (κ3) is 5.23. The van der Waals surface area contributed by atoms with Crippen LogP contribution in [0.25, 0.3) is 0 Å². The number of ether oxygens (including phenoxy) is 1. The largest absolute Gasteiger partial charge is 0.492 e. The van der Waals surface area contributed by atoms with Gasteiger partial charge in [0.05, 0.1) is 11.1 Å². The second kappa shape index (κ2) is 9.25. The smallest absolute Gasteiger partial charge is 0.224 e. The van der Waals surface area contributed by atoms with Crippen molar-refractivity contribution in [3.63, 3.8) is 0 Å². The average Bonchev–Trinajstić information content (AvgIpc) is 2.61. The summed E-state index contributed by atoms with van der Waals surface area (Å²) in [5.74, 6) is 0.767. The third-order valence-electron chi connectivity index (χ3n) is 4.05. The van der Waals surface area contributed by atoms with Gasteiger partial charge in [0.1, 0.15) is 5.75 Å². The minimum atomic E-state index is 0.00651. The van der Waals surface area contributed by atoms with Crippen molar-refractivity contribution in [3.05, 3.63) is 56.5 Å². The number of anilines is 1. The average molecular weight is 425 g/mol. The molecule has 0 unspecified atom stereocenters. The fourth-order valence-electron chi connectivity index (χ4n) is 2.58. The minimum absolute atomic E-state index is 0.00651. The van der Waals surface area contributed by atoms with E-state index in [4.69, 9.17) is 16.3 Å².